The van der Waals surface area contributed by atoms with Crippen LogP contribution in [0.2, 0.25) is 5.02 Å². The molecular formula is C22H18ClFN2O5. The molecule has 2 aromatic rings. The van der Waals surface area contributed by atoms with E-state index >= 15 is 0 Å². The van der Waals surface area contributed by atoms with E-state index in [9.17, 15) is 23.6 Å². The van der Waals surface area contributed by atoms with Crippen LogP contribution in [-0.4, -0.2) is 40.2 Å². The van der Waals surface area contributed by atoms with Crippen molar-refractivity contribution in [1.29, 1.82) is 0 Å². The molecule has 9 heteroatoms. The van der Waals surface area contributed by atoms with Crippen LogP contribution in [0.15, 0.2) is 42.5 Å². The van der Waals surface area contributed by atoms with Crippen LogP contribution >= 0.6 is 11.6 Å². The van der Waals surface area contributed by atoms with Crippen LogP contribution in [-0.2, 0) is 31.1 Å². The van der Waals surface area contributed by atoms with Crippen LogP contribution in [0.1, 0.15) is 30.4 Å². The fourth-order valence-corrected chi connectivity index (χ4v) is 4.40. The van der Waals surface area contributed by atoms with Gasteiger partial charge < -0.3 is 10.0 Å². The minimum Gasteiger partial charge on any atom is -0.481 e. The van der Waals surface area contributed by atoms with Gasteiger partial charge in [-0.3, -0.25) is 24.1 Å². The molecule has 2 aliphatic rings. The van der Waals surface area contributed by atoms with E-state index in [0.717, 1.165) is 4.90 Å². The molecule has 1 spiro atoms. The second-order valence-corrected chi connectivity index (χ2v) is 8.01. The molecule has 0 bridgehead atoms. The maximum atomic E-state index is 14.1. The number of fused-ring (bicyclic) bond motifs is 2. The zero-order chi connectivity index (χ0) is 22.3. The van der Waals surface area contributed by atoms with Gasteiger partial charge in [0.2, 0.25) is 17.7 Å². The first-order valence-electron chi connectivity index (χ1n) is 9.67. The molecular weight excluding hydrogens is 427 g/mol. The number of rotatable bonds is 6. The second kappa shape index (κ2) is 7.77. The minimum atomic E-state index is -1.77. The fourth-order valence-electron chi connectivity index (χ4n) is 4.23. The molecule has 0 unspecified atom stereocenters. The summed E-state index contributed by atoms with van der Waals surface area (Å²) in [5.74, 6) is -3.46. The first-order chi connectivity index (χ1) is 14.8. The standard InChI is InChI=1S/C22H18ClFN2O5/c23-14-7-8-17-15(10-14)22(20(30)25(17)9-3-6-19(28)29)11-18(27)26(21(22)31)12-13-4-1-2-5-16(13)24/h1-2,4-5,7-8,10H,3,6,9,11-12H2,(H,28,29)/t22-/m0/s1. The van der Waals surface area contributed by atoms with Crippen LogP contribution in [0.3, 0.4) is 0 Å². The number of hydrogen-bond acceptors (Lipinski definition) is 4. The Morgan fingerprint density at radius 2 is 1.81 bits per heavy atom. The average molecular weight is 445 g/mol. The number of carboxylic acids is 1. The smallest absolute Gasteiger partial charge is 0.303 e. The Morgan fingerprint density at radius 3 is 2.52 bits per heavy atom. The lowest BCUT2D eigenvalue weighted by Gasteiger charge is -2.22. The van der Waals surface area contributed by atoms with E-state index in [-0.39, 0.29) is 37.9 Å². The molecule has 1 fully saturated rings. The molecule has 1 N–H and O–H groups in total. The Morgan fingerprint density at radius 1 is 1.10 bits per heavy atom. The van der Waals surface area contributed by atoms with Crippen LogP contribution < -0.4 is 4.90 Å². The molecule has 31 heavy (non-hydrogen) atoms. The zero-order valence-corrected chi connectivity index (χ0v) is 17.1. The SMILES string of the molecule is O=C(O)CCCN1C(=O)[C@]2(CC(=O)N(Cc3ccccc3F)C2=O)c2cc(Cl)ccc21. The number of benzene rings is 2. The van der Waals surface area contributed by atoms with Crippen molar-refractivity contribution in [3.8, 4) is 0 Å². The molecule has 0 saturated carbocycles. The summed E-state index contributed by atoms with van der Waals surface area (Å²) in [4.78, 5) is 52.9. The third kappa shape index (κ3) is 3.37. The summed E-state index contributed by atoms with van der Waals surface area (Å²) >= 11 is 6.13. The molecule has 2 aliphatic heterocycles. The maximum absolute atomic E-state index is 14.1. The predicted octanol–water partition coefficient (Wildman–Crippen LogP) is 2.89. The highest BCUT2D eigenvalue weighted by Crippen LogP contribution is 2.49. The van der Waals surface area contributed by atoms with Gasteiger partial charge >= 0.3 is 5.97 Å². The highest BCUT2D eigenvalue weighted by molar-refractivity contribution is 6.32. The summed E-state index contributed by atoms with van der Waals surface area (Å²) in [7, 11) is 0. The molecule has 2 aromatic carbocycles. The monoisotopic (exact) mass is 444 g/mol. The lowest BCUT2D eigenvalue weighted by atomic mass is 9.80. The molecule has 2 heterocycles. The molecule has 160 valence electrons. The van der Waals surface area contributed by atoms with Gasteiger partial charge in [0.15, 0.2) is 5.41 Å². The van der Waals surface area contributed by atoms with Crippen LogP contribution in [0, 0.1) is 5.82 Å². The molecule has 1 saturated heterocycles. The van der Waals surface area contributed by atoms with Crippen molar-refractivity contribution in [2.45, 2.75) is 31.2 Å². The van der Waals surface area contributed by atoms with Crippen molar-refractivity contribution in [3.63, 3.8) is 0 Å². The molecule has 1 atom stereocenters. The van der Waals surface area contributed by atoms with Crippen molar-refractivity contribution in [2.75, 3.05) is 11.4 Å². The summed E-state index contributed by atoms with van der Waals surface area (Å²) in [6, 6.07) is 10.4. The number of hydrogen-bond donors (Lipinski definition) is 1. The Labute approximate surface area is 182 Å². The van der Waals surface area contributed by atoms with E-state index in [1.54, 1.807) is 18.2 Å². The second-order valence-electron chi connectivity index (χ2n) is 7.57. The zero-order valence-electron chi connectivity index (χ0n) is 16.3. The molecule has 3 amide bonds. The lowest BCUT2D eigenvalue weighted by Crippen LogP contribution is -2.46. The number of aliphatic carboxylic acids is 1. The van der Waals surface area contributed by atoms with Gasteiger partial charge in [-0.2, -0.15) is 0 Å². The van der Waals surface area contributed by atoms with Gasteiger partial charge in [0.25, 0.3) is 0 Å². The van der Waals surface area contributed by atoms with Crippen molar-refractivity contribution in [3.05, 3.63) is 64.4 Å². The maximum Gasteiger partial charge on any atom is 0.303 e. The topological polar surface area (TPSA) is 95.0 Å². The van der Waals surface area contributed by atoms with Crippen molar-refractivity contribution >= 4 is 41.0 Å². The Bertz CT molecular complexity index is 1120. The van der Waals surface area contributed by atoms with Crippen molar-refractivity contribution < 1.29 is 28.7 Å². The number of likely N-dealkylation sites (tertiary alicyclic amines) is 1. The first kappa shape index (κ1) is 21.0. The predicted molar refractivity (Wildman–Crippen MR) is 109 cm³/mol. The summed E-state index contributed by atoms with van der Waals surface area (Å²) in [6.45, 7) is -0.204. The van der Waals surface area contributed by atoms with Crippen LogP contribution in [0.5, 0.6) is 0 Å². The van der Waals surface area contributed by atoms with E-state index in [1.165, 1.54) is 29.2 Å². The van der Waals surface area contributed by atoms with Gasteiger partial charge in [-0.15, -0.1) is 0 Å². The Hall–Kier alpha value is -3.26. The van der Waals surface area contributed by atoms with E-state index in [1.807, 2.05) is 0 Å². The first-order valence-corrected chi connectivity index (χ1v) is 10.1. The van der Waals surface area contributed by atoms with Gasteiger partial charge in [-0.1, -0.05) is 29.8 Å². The van der Waals surface area contributed by atoms with Crippen LogP contribution in [0.25, 0.3) is 0 Å². The summed E-state index contributed by atoms with van der Waals surface area (Å²) in [5, 5.41) is 9.20. The van der Waals surface area contributed by atoms with Crippen molar-refractivity contribution in [2.24, 2.45) is 0 Å². The largest absolute Gasteiger partial charge is 0.481 e. The normalized spacial score (nSPS) is 20.1. The minimum absolute atomic E-state index is 0.0797. The summed E-state index contributed by atoms with van der Waals surface area (Å²) in [5.41, 5.74) is -0.870. The number of nitrogens with zero attached hydrogens (tertiary/aromatic N) is 2. The molecule has 0 aromatic heterocycles. The number of imide groups is 1. The quantitative estimate of drug-likeness (QED) is 0.546. The number of anilines is 1. The number of carbonyl (C=O) groups excluding carboxylic acids is 3. The third-order valence-electron chi connectivity index (χ3n) is 5.71. The van der Waals surface area contributed by atoms with E-state index in [2.05, 4.69) is 0 Å². The number of amides is 3. The van der Waals surface area contributed by atoms with Gasteiger partial charge in [-0.25, -0.2) is 4.39 Å². The lowest BCUT2D eigenvalue weighted by molar-refractivity contribution is -0.142. The average Bonchev–Trinajstić information content (AvgIpc) is 3.10. The summed E-state index contributed by atoms with van der Waals surface area (Å²) < 4.78 is 14.1. The number of halogens is 2. The highest BCUT2D eigenvalue weighted by Gasteiger charge is 2.63. The van der Waals surface area contributed by atoms with E-state index in [0.29, 0.717) is 16.3 Å². The molecule has 0 radical (unpaired) electrons. The van der Waals surface area contributed by atoms with E-state index in [4.69, 9.17) is 16.7 Å². The van der Waals surface area contributed by atoms with Gasteiger partial charge in [0.05, 0.1) is 13.0 Å². The Kier molecular flexibility index (Phi) is 5.26. The molecule has 4 rings (SSSR count). The highest BCUT2D eigenvalue weighted by atomic mass is 35.5. The van der Waals surface area contributed by atoms with Gasteiger partial charge in [-0.05, 0) is 30.7 Å². The van der Waals surface area contributed by atoms with Gasteiger partial charge in [0.1, 0.15) is 5.82 Å². The van der Waals surface area contributed by atoms with Crippen molar-refractivity contribution in [1.82, 2.24) is 4.90 Å². The molecule has 0 aliphatic carbocycles. The number of carboxylic acid groups (broad SMARTS) is 1. The van der Waals surface area contributed by atoms with E-state index < -0.39 is 34.9 Å². The Balaban J connectivity index is 1.72. The fraction of sp³-hybridized carbons (Fsp3) is 0.273. The molecule has 7 nitrogen and oxygen atoms in total. The summed E-state index contributed by atoms with van der Waals surface area (Å²) in [6.07, 6.45) is -0.353. The third-order valence-corrected chi connectivity index (χ3v) is 5.94. The van der Waals surface area contributed by atoms with Crippen LogP contribution in [0.4, 0.5) is 10.1 Å². The van der Waals surface area contributed by atoms with Gasteiger partial charge in [0, 0.05) is 34.8 Å². The number of carbonyl (C=O) groups is 4.